The highest BCUT2D eigenvalue weighted by Crippen LogP contribution is 2.50. The number of fused-ring (bicyclic) bond motifs is 3. The topological polar surface area (TPSA) is 0 Å². The zero-order valence-corrected chi connectivity index (χ0v) is 19.5. The van der Waals surface area contributed by atoms with Crippen LogP contribution in [0.15, 0.2) is 93.9 Å². The lowest BCUT2D eigenvalue weighted by molar-refractivity contribution is 0.661. The molecule has 0 aromatic heterocycles. The summed E-state index contributed by atoms with van der Waals surface area (Å²) in [6.45, 7) is 4.68. The van der Waals surface area contributed by atoms with Gasteiger partial charge in [0, 0.05) is 14.4 Å². The van der Waals surface area contributed by atoms with Crippen molar-refractivity contribution in [3.63, 3.8) is 0 Å². The SMILES string of the molecule is CC1(C)c2cc(-c3ccc(Br)cc3)ccc2-c2ccc(-c3ccc(Br)cc3)cc21. The van der Waals surface area contributed by atoms with Crippen molar-refractivity contribution in [1.29, 1.82) is 0 Å². The van der Waals surface area contributed by atoms with Gasteiger partial charge in [0.05, 0.1) is 0 Å². The second kappa shape index (κ2) is 6.97. The van der Waals surface area contributed by atoms with Crippen molar-refractivity contribution < 1.29 is 0 Å². The van der Waals surface area contributed by atoms with E-state index in [1.54, 1.807) is 0 Å². The van der Waals surface area contributed by atoms with Crippen molar-refractivity contribution in [2.75, 3.05) is 0 Å². The van der Waals surface area contributed by atoms with Gasteiger partial charge in [-0.1, -0.05) is 94.2 Å². The molecule has 0 unspecified atom stereocenters. The second-order valence-corrected chi connectivity index (χ2v) is 9.99. The van der Waals surface area contributed by atoms with Crippen molar-refractivity contribution in [3.8, 4) is 33.4 Å². The first kappa shape index (κ1) is 18.8. The molecule has 29 heavy (non-hydrogen) atoms. The average molecular weight is 504 g/mol. The minimum absolute atomic E-state index is 0.0264. The summed E-state index contributed by atoms with van der Waals surface area (Å²) in [5, 5.41) is 0. The first-order valence-corrected chi connectivity index (χ1v) is 11.3. The summed E-state index contributed by atoms with van der Waals surface area (Å²) in [5.41, 5.74) is 10.5. The predicted octanol–water partition coefficient (Wildman–Crippen LogP) is 8.85. The van der Waals surface area contributed by atoms with E-state index >= 15 is 0 Å². The first-order chi connectivity index (χ1) is 13.9. The van der Waals surface area contributed by atoms with Crippen LogP contribution < -0.4 is 0 Å². The molecule has 142 valence electrons. The Bertz CT molecular complexity index is 1120. The first-order valence-electron chi connectivity index (χ1n) is 9.75. The third-order valence-electron chi connectivity index (χ3n) is 6.03. The number of benzene rings is 4. The molecular weight excluding hydrogens is 484 g/mol. The Labute approximate surface area is 188 Å². The van der Waals surface area contributed by atoms with Gasteiger partial charge in [-0.05, 0) is 80.9 Å². The smallest absolute Gasteiger partial charge is 0.0175 e. The molecule has 1 aliphatic carbocycles. The van der Waals surface area contributed by atoms with E-state index in [0.29, 0.717) is 0 Å². The van der Waals surface area contributed by atoms with Crippen LogP contribution >= 0.6 is 31.9 Å². The van der Waals surface area contributed by atoms with Crippen molar-refractivity contribution in [2.45, 2.75) is 19.3 Å². The monoisotopic (exact) mass is 502 g/mol. The van der Waals surface area contributed by atoms with Crippen LogP contribution in [0.2, 0.25) is 0 Å². The van der Waals surface area contributed by atoms with E-state index in [4.69, 9.17) is 0 Å². The molecular formula is C27H20Br2. The van der Waals surface area contributed by atoms with E-state index in [1.165, 1.54) is 44.5 Å². The Morgan fingerprint density at radius 2 is 0.828 bits per heavy atom. The fraction of sp³-hybridized carbons (Fsp3) is 0.111. The lowest BCUT2D eigenvalue weighted by Gasteiger charge is -2.22. The van der Waals surface area contributed by atoms with Crippen LogP contribution in [0.25, 0.3) is 33.4 Å². The maximum atomic E-state index is 3.53. The van der Waals surface area contributed by atoms with Crippen molar-refractivity contribution in [1.82, 2.24) is 0 Å². The van der Waals surface area contributed by atoms with Gasteiger partial charge < -0.3 is 0 Å². The maximum absolute atomic E-state index is 3.53. The molecule has 4 aromatic carbocycles. The molecule has 0 bridgehead atoms. The Balaban J connectivity index is 1.61. The third kappa shape index (κ3) is 3.19. The van der Waals surface area contributed by atoms with Gasteiger partial charge >= 0.3 is 0 Å². The molecule has 5 rings (SSSR count). The van der Waals surface area contributed by atoms with Gasteiger partial charge in [-0.15, -0.1) is 0 Å². The van der Waals surface area contributed by atoms with Crippen LogP contribution in [0, 0.1) is 0 Å². The molecule has 2 heteroatoms. The Morgan fingerprint density at radius 3 is 1.21 bits per heavy atom. The third-order valence-corrected chi connectivity index (χ3v) is 7.09. The summed E-state index contributed by atoms with van der Waals surface area (Å²) in [5.74, 6) is 0. The van der Waals surface area contributed by atoms with Gasteiger partial charge in [-0.25, -0.2) is 0 Å². The molecule has 0 saturated heterocycles. The van der Waals surface area contributed by atoms with Crippen molar-refractivity contribution >= 4 is 31.9 Å². The zero-order chi connectivity index (χ0) is 20.2. The predicted molar refractivity (Wildman–Crippen MR) is 130 cm³/mol. The quantitative estimate of drug-likeness (QED) is 0.256. The number of rotatable bonds is 2. The van der Waals surface area contributed by atoms with E-state index in [-0.39, 0.29) is 5.41 Å². The lowest BCUT2D eigenvalue weighted by Crippen LogP contribution is -2.15. The molecule has 0 atom stereocenters. The molecule has 0 saturated carbocycles. The van der Waals surface area contributed by atoms with Crippen LogP contribution in [0.4, 0.5) is 0 Å². The molecule has 0 radical (unpaired) electrons. The van der Waals surface area contributed by atoms with E-state index in [9.17, 15) is 0 Å². The summed E-state index contributed by atoms with van der Waals surface area (Å²) in [7, 11) is 0. The van der Waals surface area contributed by atoms with Crippen molar-refractivity contribution in [2.24, 2.45) is 0 Å². The van der Waals surface area contributed by atoms with Gasteiger partial charge in [-0.3, -0.25) is 0 Å². The fourth-order valence-electron chi connectivity index (χ4n) is 4.38. The Kier molecular flexibility index (Phi) is 4.53. The van der Waals surface area contributed by atoms with E-state index in [2.05, 4.69) is 131 Å². The molecule has 0 aliphatic heterocycles. The number of hydrogen-bond donors (Lipinski definition) is 0. The summed E-state index contributed by atoms with van der Waals surface area (Å²) in [6, 6.07) is 30.9. The molecule has 0 amide bonds. The lowest BCUT2D eigenvalue weighted by atomic mass is 9.81. The van der Waals surface area contributed by atoms with Crippen LogP contribution in [0.1, 0.15) is 25.0 Å². The molecule has 1 aliphatic rings. The van der Waals surface area contributed by atoms with Gasteiger partial charge in [0.1, 0.15) is 0 Å². The average Bonchev–Trinajstić information content (AvgIpc) is 2.96. The number of hydrogen-bond acceptors (Lipinski definition) is 0. The normalized spacial score (nSPS) is 13.8. The van der Waals surface area contributed by atoms with Crippen LogP contribution in [-0.2, 0) is 5.41 Å². The van der Waals surface area contributed by atoms with Gasteiger partial charge in [0.15, 0.2) is 0 Å². The molecule has 0 nitrogen and oxygen atoms in total. The summed E-state index contributed by atoms with van der Waals surface area (Å²) < 4.78 is 2.21. The highest BCUT2D eigenvalue weighted by atomic mass is 79.9. The fourth-order valence-corrected chi connectivity index (χ4v) is 4.91. The van der Waals surface area contributed by atoms with Gasteiger partial charge in [0.2, 0.25) is 0 Å². The minimum atomic E-state index is -0.0264. The summed E-state index contributed by atoms with van der Waals surface area (Å²) in [4.78, 5) is 0. The molecule has 0 spiro atoms. The van der Waals surface area contributed by atoms with Crippen molar-refractivity contribution in [3.05, 3.63) is 105 Å². The van der Waals surface area contributed by atoms with E-state index in [1.807, 2.05) is 0 Å². The zero-order valence-electron chi connectivity index (χ0n) is 16.3. The minimum Gasteiger partial charge on any atom is -0.0537 e. The highest BCUT2D eigenvalue weighted by molar-refractivity contribution is 9.10. The molecule has 0 fully saturated rings. The molecule has 4 aromatic rings. The van der Waals surface area contributed by atoms with Crippen LogP contribution in [0.5, 0.6) is 0 Å². The van der Waals surface area contributed by atoms with Gasteiger partial charge in [-0.2, -0.15) is 0 Å². The largest absolute Gasteiger partial charge is 0.0537 e. The van der Waals surface area contributed by atoms with E-state index in [0.717, 1.165) is 8.95 Å². The molecule has 0 N–H and O–H groups in total. The highest BCUT2D eigenvalue weighted by Gasteiger charge is 2.35. The van der Waals surface area contributed by atoms with Crippen LogP contribution in [-0.4, -0.2) is 0 Å². The van der Waals surface area contributed by atoms with E-state index < -0.39 is 0 Å². The number of halogens is 2. The molecule has 0 heterocycles. The Hall–Kier alpha value is -2.16. The van der Waals surface area contributed by atoms with Crippen LogP contribution in [0.3, 0.4) is 0 Å². The standard InChI is InChI=1S/C27H20Br2/c1-27(2)25-15-19(17-3-9-21(28)10-4-17)7-13-23(25)24-14-8-20(16-26(24)27)18-5-11-22(29)12-6-18/h3-16H,1-2H3. The summed E-state index contributed by atoms with van der Waals surface area (Å²) >= 11 is 7.07. The van der Waals surface area contributed by atoms with Gasteiger partial charge in [0.25, 0.3) is 0 Å². The second-order valence-electron chi connectivity index (χ2n) is 8.16. The Morgan fingerprint density at radius 1 is 0.483 bits per heavy atom. The maximum Gasteiger partial charge on any atom is 0.0175 e. The summed E-state index contributed by atoms with van der Waals surface area (Å²) in [6.07, 6.45) is 0.